The molecule has 0 aliphatic heterocycles. The zero-order chi connectivity index (χ0) is 17.6. The maximum absolute atomic E-state index is 12.6. The lowest BCUT2D eigenvalue weighted by Gasteiger charge is -2.21. The summed E-state index contributed by atoms with van der Waals surface area (Å²) >= 11 is 5.96. The maximum Gasteiger partial charge on any atom is 0.471 e. The molecule has 0 spiro atoms. The predicted molar refractivity (Wildman–Crippen MR) is 79.4 cm³/mol. The quantitative estimate of drug-likeness (QED) is 0.727. The maximum atomic E-state index is 12.6. The second kappa shape index (κ2) is 5.45. The molecule has 2 aromatic rings. The first-order valence-corrected chi connectivity index (χ1v) is 6.98. The first kappa shape index (κ1) is 16.2. The van der Waals surface area contributed by atoms with E-state index in [1.165, 1.54) is 18.2 Å². The normalized spacial score (nSPS) is 13.3. The summed E-state index contributed by atoms with van der Waals surface area (Å²) in [6.45, 7) is 0. The second-order valence-corrected chi connectivity index (χ2v) is 5.41. The number of fused-ring (bicyclic) bond motifs is 2. The van der Waals surface area contributed by atoms with Crippen LogP contribution >= 0.6 is 11.6 Å². The van der Waals surface area contributed by atoms with E-state index in [1.807, 2.05) is 0 Å². The minimum Gasteiger partial charge on any atom is -0.318 e. The monoisotopic (exact) mass is 353 g/mol. The van der Waals surface area contributed by atoms with Gasteiger partial charge in [0.15, 0.2) is 11.6 Å². The van der Waals surface area contributed by atoms with E-state index in [9.17, 15) is 27.6 Å². The lowest BCUT2D eigenvalue weighted by atomic mass is 9.83. The highest BCUT2D eigenvalue weighted by Gasteiger charge is 2.40. The van der Waals surface area contributed by atoms with Crippen LogP contribution in [0.1, 0.15) is 31.8 Å². The number of nitrogens with one attached hydrogen (secondary N) is 1. The van der Waals surface area contributed by atoms with Gasteiger partial charge in [-0.05, 0) is 12.1 Å². The first-order chi connectivity index (χ1) is 11.2. The smallest absolute Gasteiger partial charge is 0.318 e. The molecule has 122 valence electrons. The topological polar surface area (TPSA) is 63.2 Å². The van der Waals surface area contributed by atoms with Crippen LogP contribution in [0, 0.1) is 0 Å². The van der Waals surface area contributed by atoms with Crippen molar-refractivity contribution in [2.75, 3.05) is 5.32 Å². The number of amides is 1. The summed E-state index contributed by atoms with van der Waals surface area (Å²) in [7, 11) is 0. The molecule has 1 aliphatic rings. The Balaban J connectivity index is 2.19. The van der Waals surface area contributed by atoms with Crippen LogP contribution < -0.4 is 5.32 Å². The molecule has 0 fully saturated rings. The molecule has 0 heterocycles. The van der Waals surface area contributed by atoms with Crippen molar-refractivity contribution in [1.82, 2.24) is 0 Å². The number of rotatable bonds is 1. The van der Waals surface area contributed by atoms with E-state index in [0.717, 1.165) is 12.1 Å². The van der Waals surface area contributed by atoms with Gasteiger partial charge in [-0.25, -0.2) is 0 Å². The Morgan fingerprint density at radius 1 is 0.917 bits per heavy atom. The van der Waals surface area contributed by atoms with Crippen LogP contribution in [0.3, 0.4) is 0 Å². The third-order valence-corrected chi connectivity index (χ3v) is 3.85. The van der Waals surface area contributed by atoms with Crippen molar-refractivity contribution in [2.45, 2.75) is 6.18 Å². The number of alkyl halides is 3. The molecule has 0 unspecified atom stereocenters. The second-order valence-electron chi connectivity index (χ2n) is 5.00. The number of benzene rings is 2. The van der Waals surface area contributed by atoms with Crippen LogP contribution in [0.4, 0.5) is 18.9 Å². The molecule has 0 saturated carbocycles. The molecule has 0 radical (unpaired) electrons. The lowest BCUT2D eigenvalue weighted by Crippen LogP contribution is -2.32. The van der Waals surface area contributed by atoms with Crippen LogP contribution in [0.2, 0.25) is 5.02 Å². The fourth-order valence-electron chi connectivity index (χ4n) is 2.48. The zero-order valence-corrected chi connectivity index (χ0v) is 12.5. The SMILES string of the molecule is O=C1c2ccccc2C(=O)c2c(NC(=O)C(F)(F)F)ccc(Cl)c21. The summed E-state index contributed by atoms with van der Waals surface area (Å²) in [4.78, 5) is 36.3. The summed E-state index contributed by atoms with van der Waals surface area (Å²) < 4.78 is 37.4. The zero-order valence-electron chi connectivity index (χ0n) is 11.7. The summed E-state index contributed by atoms with van der Waals surface area (Å²) in [5.41, 5.74) is -0.829. The van der Waals surface area contributed by atoms with Gasteiger partial charge in [0.05, 0.1) is 21.8 Å². The van der Waals surface area contributed by atoms with Crippen molar-refractivity contribution in [2.24, 2.45) is 0 Å². The molecule has 0 atom stereocenters. The van der Waals surface area contributed by atoms with Crippen molar-refractivity contribution in [3.05, 3.63) is 63.7 Å². The number of carbonyl (C=O) groups is 3. The van der Waals surface area contributed by atoms with Gasteiger partial charge in [-0.2, -0.15) is 13.2 Å². The summed E-state index contributed by atoms with van der Waals surface area (Å²) in [6.07, 6.45) is -5.13. The van der Waals surface area contributed by atoms with Crippen LogP contribution in [-0.2, 0) is 4.79 Å². The minimum atomic E-state index is -5.13. The highest BCUT2D eigenvalue weighted by atomic mass is 35.5. The largest absolute Gasteiger partial charge is 0.471 e. The predicted octanol–water partition coefficient (Wildman–Crippen LogP) is 3.62. The number of hydrogen-bond acceptors (Lipinski definition) is 3. The number of carbonyl (C=O) groups excluding carboxylic acids is 3. The van der Waals surface area contributed by atoms with Gasteiger partial charge in [0.1, 0.15) is 0 Å². The Hall–Kier alpha value is -2.67. The minimum absolute atomic E-state index is 0.0415. The Bertz CT molecular complexity index is 906. The molecule has 1 aliphatic carbocycles. The standard InChI is InChI=1S/C16H7ClF3NO3/c17-9-5-6-10(21-15(24)16(18,19)20)12-11(9)13(22)7-3-1-2-4-8(7)14(12)23/h1-6H,(H,21,24). The summed E-state index contributed by atoms with van der Waals surface area (Å²) in [5, 5.41) is 1.54. The highest BCUT2D eigenvalue weighted by molar-refractivity contribution is 6.40. The lowest BCUT2D eigenvalue weighted by molar-refractivity contribution is -0.167. The fraction of sp³-hybridized carbons (Fsp3) is 0.0625. The van der Waals surface area contributed by atoms with E-state index < -0.39 is 29.3 Å². The average molecular weight is 354 g/mol. The van der Waals surface area contributed by atoms with Crippen molar-refractivity contribution >= 4 is 34.8 Å². The molecular formula is C16H7ClF3NO3. The van der Waals surface area contributed by atoms with E-state index >= 15 is 0 Å². The molecule has 24 heavy (non-hydrogen) atoms. The van der Waals surface area contributed by atoms with Gasteiger partial charge < -0.3 is 5.32 Å². The molecule has 4 nitrogen and oxygen atoms in total. The van der Waals surface area contributed by atoms with Crippen LogP contribution in [-0.4, -0.2) is 23.6 Å². The van der Waals surface area contributed by atoms with Gasteiger partial charge in [-0.1, -0.05) is 35.9 Å². The van der Waals surface area contributed by atoms with Gasteiger partial charge in [-0.15, -0.1) is 0 Å². The van der Waals surface area contributed by atoms with Crippen LogP contribution in [0.15, 0.2) is 36.4 Å². The van der Waals surface area contributed by atoms with E-state index in [0.29, 0.717) is 0 Å². The van der Waals surface area contributed by atoms with Crippen molar-refractivity contribution in [3.8, 4) is 0 Å². The summed E-state index contributed by atoms with van der Waals surface area (Å²) in [6, 6.07) is 8.10. The third-order valence-electron chi connectivity index (χ3n) is 3.53. The molecule has 0 bridgehead atoms. The number of hydrogen-bond donors (Lipinski definition) is 1. The molecule has 1 amide bonds. The Kier molecular flexibility index (Phi) is 3.68. The number of anilines is 1. The van der Waals surface area contributed by atoms with Gasteiger partial charge in [-0.3, -0.25) is 14.4 Å². The average Bonchev–Trinajstić information content (AvgIpc) is 2.53. The molecule has 2 aromatic carbocycles. The van der Waals surface area contributed by atoms with Gasteiger partial charge in [0, 0.05) is 11.1 Å². The first-order valence-electron chi connectivity index (χ1n) is 6.61. The highest BCUT2D eigenvalue weighted by Crippen LogP contribution is 2.36. The summed E-state index contributed by atoms with van der Waals surface area (Å²) in [5.74, 6) is -3.51. The van der Waals surface area contributed by atoms with E-state index in [1.54, 1.807) is 11.4 Å². The van der Waals surface area contributed by atoms with Crippen molar-refractivity contribution < 1.29 is 27.6 Å². The van der Waals surface area contributed by atoms with Gasteiger partial charge in [0.25, 0.3) is 0 Å². The Morgan fingerprint density at radius 2 is 1.46 bits per heavy atom. The molecule has 3 rings (SSSR count). The molecule has 1 N–H and O–H groups in total. The number of ketones is 2. The molecule has 0 saturated heterocycles. The van der Waals surface area contributed by atoms with E-state index in [-0.39, 0.29) is 27.3 Å². The van der Waals surface area contributed by atoms with Crippen LogP contribution in [0.5, 0.6) is 0 Å². The Morgan fingerprint density at radius 3 is 2.00 bits per heavy atom. The van der Waals surface area contributed by atoms with Gasteiger partial charge in [0.2, 0.25) is 0 Å². The van der Waals surface area contributed by atoms with E-state index in [4.69, 9.17) is 11.6 Å². The number of halogens is 4. The molecule has 0 aromatic heterocycles. The third kappa shape index (κ3) is 2.46. The molecule has 8 heteroatoms. The van der Waals surface area contributed by atoms with Crippen molar-refractivity contribution in [3.63, 3.8) is 0 Å². The Labute approximate surface area is 138 Å². The van der Waals surface area contributed by atoms with Gasteiger partial charge >= 0.3 is 12.1 Å². The fourth-order valence-corrected chi connectivity index (χ4v) is 2.72. The van der Waals surface area contributed by atoms with Crippen molar-refractivity contribution in [1.29, 1.82) is 0 Å². The van der Waals surface area contributed by atoms with E-state index in [2.05, 4.69) is 0 Å². The molecular weight excluding hydrogens is 347 g/mol. The van der Waals surface area contributed by atoms with Crippen LogP contribution in [0.25, 0.3) is 0 Å².